The van der Waals surface area contributed by atoms with Gasteiger partial charge in [0.1, 0.15) is 0 Å². The number of hydrogen-bond donors (Lipinski definition) is 1. The Bertz CT molecular complexity index is 527. The van der Waals surface area contributed by atoms with Crippen LogP contribution in [0.3, 0.4) is 0 Å². The third-order valence-electron chi connectivity index (χ3n) is 3.14. The summed E-state index contributed by atoms with van der Waals surface area (Å²) in [5, 5.41) is 10.9. The van der Waals surface area contributed by atoms with Crippen LogP contribution in [-0.2, 0) is 11.2 Å². The summed E-state index contributed by atoms with van der Waals surface area (Å²) in [4.78, 5) is 11.8. The fourth-order valence-electron chi connectivity index (χ4n) is 1.88. The molecule has 1 fully saturated rings. The molecule has 1 N–H and O–H groups in total. The average molecular weight is 269 g/mol. The van der Waals surface area contributed by atoms with Crippen LogP contribution in [0, 0.1) is 5.92 Å². The van der Waals surface area contributed by atoms with Gasteiger partial charge in [0.05, 0.1) is 12.1 Å². The van der Waals surface area contributed by atoms with Crippen LogP contribution in [0.4, 0.5) is 5.82 Å². The summed E-state index contributed by atoms with van der Waals surface area (Å²) in [5.41, 5.74) is 1.81. The van der Waals surface area contributed by atoms with Gasteiger partial charge in [-0.3, -0.25) is 4.79 Å². The molecule has 1 aromatic heterocycles. The Kier molecular flexibility index (Phi) is 4.82. The van der Waals surface area contributed by atoms with E-state index in [4.69, 9.17) is 0 Å². The van der Waals surface area contributed by atoms with Crippen LogP contribution in [0.2, 0.25) is 0 Å². The fraction of sp³-hybridized carbons (Fsp3) is 0.312. The molecule has 2 rings (SSSR count). The molecule has 1 aromatic rings. The summed E-state index contributed by atoms with van der Waals surface area (Å²) in [6, 6.07) is 3.72. The number of allylic oxidation sites excluding steroid dienone is 3. The SMILES string of the molecule is C=C/C=C(\C=C)CC(=O)Nc1ccc(CC2CC2)nn1. The van der Waals surface area contributed by atoms with Crippen molar-refractivity contribution in [3.8, 4) is 0 Å². The molecule has 4 heteroatoms. The number of rotatable bonds is 7. The molecule has 0 unspecified atom stereocenters. The van der Waals surface area contributed by atoms with Crippen molar-refractivity contribution in [1.82, 2.24) is 10.2 Å². The van der Waals surface area contributed by atoms with Gasteiger partial charge in [0.25, 0.3) is 0 Å². The van der Waals surface area contributed by atoms with Crippen LogP contribution in [-0.4, -0.2) is 16.1 Å². The normalized spacial score (nSPS) is 14.7. The smallest absolute Gasteiger partial charge is 0.229 e. The van der Waals surface area contributed by atoms with E-state index in [-0.39, 0.29) is 12.3 Å². The zero-order valence-electron chi connectivity index (χ0n) is 11.5. The summed E-state index contributed by atoms with van der Waals surface area (Å²) < 4.78 is 0. The lowest BCUT2D eigenvalue weighted by Gasteiger charge is -2.05. The Morgan fingerprint density at radius 2 is 2.15 bits per heavy atom. The van der Waals surface area contributed by atoms with E-state index in [9.17, 15) is 4.79 Å². The van der Waals surface area contributed by atoms with Crippen molar-refractivity contribution >= 4 is 11.7 Å². The van der Waals surface area contributed by atoms with Gasteiger partial charge in [0, 0.05) is 0 Å². The van der Waals surface area contributed by atoms with Crippen LogP contribution in [0.15, 0.2) is 49.1 Å². The predicted molar refractivity (Wildman–Crippen MR) is 80.2 cm³/mol. The van der Waals surface area contributed by atoms with Crippen molar-refractivity contribution in [2.75, 3.05) is 5.32 Å². The van der Waals surface area contributed by atoms with Crippen LogP contribution >= 0.6 is 0 Å². The molecule has 1 aliphatic carbocycles. The quantitative estimate of drug-likeness (QED) is 0.774. The second-order valence-corrected chi connectivity index (χ2v) is 4.96. The first-order chi connectivity index (χ1) is 9.71. The van der Waals surface area contributed by atoms with E-state index in [0.717, 1.165) is 23.6 Å². The first kappa shape index (κ1) is 14.2. The van der Waals surface area contributed by atoms with Gasteiger partial charge in [-0.25, -0.2) is 0 Å². The number of aromatic nitrogens is 2. The van der Waals surface area contributed by atoms with E-state index in [1.165, 1.54) is 12.8 Å². The van der Waals surface area contributed by atoms with Gasteiger partial charge in [0.2, 0.25) is 5.91 Å². The summed E-state index contributed by atoms with van der Waals surface area (Å²) in [7, 11) is 0. The fourth-order valence-corrected chi connectivity index (χ4v) is 1.88. The maximum atomic E-state index is 11.8. The zero-order chi connectivity index (χ0) is 14.4. The number of anilines is 1. The first-order valence-electron chi connectivity index (χ1n) is 6.77. The molecular formula is C16H19N3O. The van der Waals surface area contributed by atoms with Gasteiger partial charge in [-0.05, 0) is 42.9 Å². The molecule has 0 spiro atoms. The molecule has 0 atom stereocenters. The highest BCUT2D eigenvalue weighted by Gasteiger charge is 2.22. The third kappa shape index (κ3) is 4.46. The molecule has 4 nitrogen and oxygen atoms in total. The summed E-state index contributed by atoms with van der Waals surface area (Å²) in [5.74, 6) is 1.13. The van der Waals surface area contributed by atoms with Crippen molar-refractivity contribution < 1.29 is 4.79 Å². The highest BCUT2D eigenvalue weighted by atomic mass is 16.1. The highest BCUT2D eigenvalue weighted by Crippen LogP contribution is 2.31. The van der Waals surface area contributed by atoms with Gasteiger partial charge in [0.15, 0.2) is 5.82 Å². The molecule has 104 valence electrons. The largest absolute Gasteiger partial charge is 0.309 e. The number of nitrogens with zero attached hydrogens (tertiary/aromatic N) is 2. The Morgan fingerprint density at radius 1 is 1.35 bits per heavy atom. The lowest BCUT2D eigenvalue weighted by atomic mass is 10.1. The lowest BCUT2D eigenvalue weighted by molar-refractivity contribution is -0.115. The van der Waals surface area contributed by atoms with Crippen LogP contribution in [0.5, 0.6) is 0 Å². The zero-order valence-corrected chi connectivity index (χ0v) is 11.5. The third-order valence-corrected chi connectivity index (χ3v) is 3.14. The molecule has 1 amide bonds. The van der Waals surface area contributed by atoms with E-state index < -0.39 is 0 Å². The minimum Gasteiger partial charge on any atom is -0.309 e. The van der Waals surface area contributed by atoms with E-state index >= 15 is 0 Å². The molecule has 0 saturated heterocycles. The summed E-state index contributed by atoms with van der Waals surface area (Å²) in [6.45, 7) is 7.26. The molecule has 1 aliphatic rings. The van der Waals surface area contributed by atoms with Gasteiger partial charge >= 0.3 is 0 Å². The Labute approximate surface area is 119 Å². The average Bonchev–Trinajstić information content (AvgIpc) is 3.24. The maximum absolute atomic E-state index is 11.8. The van der Waals surface area contributed by atoms with Gasteiger partial charge in [-0.2, -0.15) is 5.10 Å². The minimum atomic E-state index is -0.137. The highest BCUT2D eigenvalue weighted by molar-refractivity contribution is 5.91. The van der Waals surface area contributed by atoms with Crippen LogP contribution < -0.4 is 5.32 Å². The van der Waals surface area contributed by atoms with E-state index in [2.05, 4.69) is 28.7 Å². The van der Waals surface area contributed by atoms with E-state index in [0.29, 0.717) is 5.82 Å². The molecule has 0 bridgehead atoms. The molecule has 1 saturated carbocycles. The standard InChI is InChI=1S/C16H19N3O/c1-3-5-12(4-2)11-16(20)17-15-9-8-14(18-19-15)10-13-6-7-13/h3-5,8-9,13H,1-2,6-7,10-11H2,(H,17,19,20)/b12-5+. The topological polar surface area (TPSA) is 54.9 Å². The number of carbonyl (C=O) groups is 1. The van der Waals surface area contributed by atoms with Crippen LogP contribution in [0.1, 0.15) is 25.0 Å². The van der Waals surface area contributed by atoms with Crippen molar-refractivity contribution in [2.24, 2.45) is 5.92 Å². The Hall–Kier alpha value is -2.23. The lowest BCUT2D eigenvalue weighted by Crippen LogP contribution is -2.13. The van der Waals surface area contributed by atoms with E-state index in [1.54, 1.807) is 24.3 Å². The molecule has 1 heterocycles. The molecular weight excluding hydrogens is 250 g/mol. The molecule has 0 radical (unpaired) electrons. The maximum Gasteiger partial charge on any atom is 0.229 e. The first-order valence-corrected chi connectivity index (χ1v) is 6.77. The van der Waals surface area contributed by atoms with Crippen molar-refractivity contribution in [3.63, 3.8) is 0 Å². The number of carbonyl (C=O) groups excluding carboxylic acids is 1. The van der Waals surface area contributed by atoms with Crippen molar-refractivity contribution in [3.05, 3.63) is 54.8 Å². The Balaban J connectivity index is 1.88. The number of hydrogen-bond acceptors (Lipinski definition) is 3. The Morgan fingerprint density at radius 3 is 2.70 bits per heavy atom. The molecule has 0 aromatic carbocycles. The monoisotopic (exact) mass is 269 g/mol. The summed E-state index contributed by atoms with van der Waals surface area (Å²) >= 11 is 0. The molecule has 20 heavy (non-hydrogen) atoms. The van der Waals surface area contributed by atoms with Gasteiger partial charge in [-0.1, -0.05) is 31.4 Å². The van der Waals surface area contributed by atoms with Crippen molar-refractivity contribution in [2.45, 2.75) is 25.7 Å². The van der Waals surface area contributed by atoms with Crippen LogP contribution in [0.25, 0.3) is 0 Å². The predicted octanol–water partition coefficient (Wildman–Crippen LogP) is 3.06. The van der Waals surface area contributed by atoms with E-state index in [1.807, 2.05) is 6.07 Å². The van der Waals surface area contributed by atoms with Gasteiger partial charge < -0.3 is 5.32 Å². The second-order valence-electron chi connectivity index (χ2n) is 4.96. The van der Waals surface area contributed by atoms with Crippen molar-refractivity contribution in [1.29, 1.82) is 0 Å². The number of nitrogens with one attached hydrogen (secondary N) is 1. The van der Waals surface area contributed by atoms with Gasteiger partial charge in [-0.15, -0.1) is 5.10 Å². The number of amides is 1. The minimum absolute atomic E-state index is 0.137. The second kappa shape index (κ2) is 6.80. The molecule has 0 aliphatic heterocycles. The summed E-state index contributed by atoms with van der Waals surface area (Å²) in [6.07, 6.45) is 8.87.